The third-order valence-corrected chi connectivity index (χ3v) is 3.38. The van der Waals surface area contributed by atoms with Crippen LogP contribution >= 0.6 is 0 Å². The highest BCUT2D eigenvalue weighted by Crippen LogP contribution is 2.20. The predicted molar refractivity (Wildman–Crippen MR) is 84.8 cm³/mol. The first-order valence-corrected chi connectivity index (χ1v) is 6.99. The third-order valence-electron chi connectivity index (χ3n) is 3.38. The molecule has 0 aliphatic rings. The SMILES string of the molecule is CCc1nc(C#N)c(N/N=C/c2c(C)[nH]c3ccccc23)o1. The smallest absolute Gasteiger partial charge is 0.252 e. The van der Waals surface area contributed by atoms with Gasteiger partial charge in [-0.05, 0) is 13.0 Å². The summed E-state index contributed by atoms with van der Waals surface area (Å²) in [6.07, 6.45) is 2.34. The topological polar surface area (TPSA) is 90.0 Å². The Morgan fingerprint density at radius 1 is 1.45 bits per heavy atom. The Kier molecular flexibility index (Phi) is 3.62. The van der Waals surface area contributed by atoms with Gasteiger partial charge in [0.2, 0.25) is 5.69 Å². The molecule has 0 radical (unpaired) electrons. The van der Waals surface area contributed by atoms with Gasteiger partial charge in [0.25, 0.3) is 5.88 Å². The molecule has 3 rings (SSSR count). The molecule has 6 heteroatoms. The Labute approximate surface area is 127 Å². The van der Waals surface area contributed by atoms with Crippen LogP contribution in [0.1, 0.15) is 29.8 Å². The molecular weight excluding hydrogens is 278 g/mol. The van der Waals surface area contributed by atoms with Gasteiger partial charge >= 0.3 is 0 Å². The molecule has 110 valence electrons. The van der Waals surface area contributed by atoms with Crippen molar-refractivity contribution in [2.24, 2.45) is 5.10 Å². The largest absolute Gasteiger partial charge is 0.422 e. The minimum Gasteiger partial charge on any atom is -0.422 e. The van der Waals surface area contributed by atoms with Gasteiger partial charge in [-0.2, -0.15) is 10.4 Å². The van der Waals surface area contributed by atoms with Crippen molar-refractivity contribution < 1.29 is 4.42 Å². The van der Waals surface area contributed by atoms with E-state index < -0.39 is 0 Å². The second-order valence-corrected chi connectivity index (χ2v) is 4.83. The van der Waals surface area contributed by atoms with Crippen LogP contribution < -0.4 is 5.43 Å². The maximum absolute atomic E-state index is 9.03. The first kappa shape index (κ1) is 13.9. The number of rotatable bonds is 4. The molecule has 0 unspecified atom stereocenters. The van der Waals surface area contributed by atoms with Crippen LogP contribution in [0.15, 0.2) is 33.8 Å². The summed E-state index contributed by atoms with van der Waals surface area (Å²) >= 11 is 0. The lowest BCUT2D eigenvalue weighted by Crippen LogP contribution is -1.92. The van der Waals surface area contributed by atoms with E-state index >= 15 is 0 Å². The quantitative estimate of drug-likeness (QED) is 0.570. The fourth-order valence-corrected chi connectivity index (χ4v) is 2.29. The Morgan fingerprint density at radius 2 is 2.27 bits per heavy atom. The van der Waals surface area contributed by atoms with Gasteiger partial charge in [0, 0.05) is 28.6 Å². The number of nitrogens with zero attached hydrogens (tertiary/aromatic N) is 3. The first-order chi connectivity index (χ1) is 10.7. The van der Waals surface area contributed by atoms with Crippen molar-refractivity contribution in [1.82, 2.24) is 9.97 Å². The lowest BCUT2D eigenvalue weighted by atomic mass is 10.1. The van der Waals surface area contributed by atoms with Crippen LogP contribution in [-0.4, -0.2) is 16.2 Å². The molecule has 2 aromatic heterocycles. The average Bonchev–Trinajstić information content (AvgIpc) is 3.08. The van der Waals surface area contributed by atoms with Crippen LogP contribution in [0.2, 0.25) is 0 Å². The number of benzene rings is 1. The third kappa shape index (κ3) is 2.44. The summed E-state index contributed by atoms with van der Waals surface area (Å²) in [4.78, 5) is 7.36. The number of para-hydroxylation sites is 1. The molecule has 0 bridgehead atoms. The lowest BCUT2D eigenvalue weighted by Gasteiger charge is -1.95. The average molecular weight is 293 g/mol. The maximum atomic E-state index is 9.03. The fourth-order valence-electron chi connectivity index (χ4n) is 2.29. The molecule has 0 aliphatic carbocycles. The number of anilines is 1. The summed E-state index contributed by atoms with van der Waals surface area (Å²) in [5, 5.41) is 14.3. The highest BCUT2D eigenvalue weighted by molar-refractivity contribution is 6.00. The van der Waals surface area contributed by atoms with Crippen molar-refractivity contribution in [3.8, 4) is 6.07 Å². The van der Waals surface area contributed by atoms with Gasteiger partial charge in [0.1, 0.15) is 6.07 Å². The summed E-state index contributed by atoms with van der Waals surface area (Å²) < 4.78 is 5.43. The van der Waals surface area contributed by atoms with Crippen LogP contribution in [-0.2, 0) is 6.42 Å². The Bertz CT molecular complexity index is 882. The monoisotopic (exact) mass is 293 g/mol. The number of hydrogen-bond acceptors (Lipinski definition) is 5. The highest BCUT2D eigenvalue weighted by atomic mass is 16.4. The second-order valence-electron chi connectivity index (χ2n) is 4.83. The van der Waals surface area contributed by atoms with E-state index in [1.807, 2.05) is 44.2 Å². The minimum atomic E-state index is 0.213. The van der Waals surface area contributed by atoms with E-state index in [-0.39, 0.29) is 11.6 Å². The van der Waals surface area contributed by atoms with E-state index in [4.69, 9.17) is 9.68 Å². The summed E-state index contributed by atoms with van der Waals surface area (Å²) in [5.74, 6) is 0.783. The fraction of sp³-hybridized carbons (Fsp3) is 0.188. The number of nitriles is 1. The highest BCUT2D eigenvalue weighted by Gasteiger charge is 2.11. The molecule has 22 heavy (non-hydrogen) atoms. The van der Waals surface area contributed by atoms with Gasteiger partial charge in [-0.15, -0.1) is 0 Å². The molecule has 0 aliphatic heterocycles. The number of oxazole rings is 1. The van der Waals surface area contributed by atoms with Crippen molar-refractivity contribution in [3.05, 3.63) is 47.1 Å². The number of H-pyrrole nitrogens is 1. The number of fused-ring (bicyclic) bond motifs is 1. The molecule has 1 aromatic carbocycles. The van der Waals surface area contributed by atoms with E-state index in [1.54, 1.807) is 6.21 Å². The minimum absolute atomic E-state index is 0.213. The Hall–Kier alpha value is -3.07. The Balaban J connectivity index is 1.87. The number of aryl methyl sites for hydroxylation is 2. The van der Waals surface area contributed by atoms with Gasteiger partial charge in [0.15, 0.2) is 5.89 Å². The van der Waals surface area contributed by atoms with Crippen LogP contribution in [0.4, 0.5) is 5.88 Å². The standard InChI is InChI=1S/C16H15N5O/c1-3-15-20-14(8-17)16(22-15)21-18-9-12-10(2)19-13-7-5-4-6-11(12)13/h4-7,9,19,21H,3H2,1-2H3/b18-9+. The summed E-state index contributed by atoms with van der Waals surface area (Å²) in [6, 6.07) is 10.0. The number of hydrazone groups is 1. The van der Waals surface area contributed by atoms with Crippen molar-refractivity contribution in [2.45, 2.75) is 20.3 Å². The molecule has 0 spiro atoms. The van der Waals surface area contributed by atoms with Crippen LogP contribution in [0, 0.1) is 18.3 Å². The van der Waals surface area contributed by atoms with Crippen LogP contribution in [0.5, 0.6) is 0 Å². The lowest BCUT2D eigenvalue weighted by molar-refractivity contribution is 0.513. The zero-order chi connectivity index (χ0) is 15.5. The first-order valence-electron chi connectivity index (χ1n) is 6.99. The van der Waals surface area contributed by atoms with Gasteiger partial charge in [-0.1, -0.05) is 25.1 Å². The molecule has 6 nitrogen and oxygen atoms in total. The molecule has 3 aromatic rings. The summed E-state index contributed by atoms with van der Waals surface area (Å²) in [5.41, 5.74) is 6.05. The van der Waals surface area contributed by atoms with E-state index in [9.17, 15) is 0 Å². The molecular formula is C16H15N5O. The van der Waals surface area contributed by atoms with Gasteiger partial charge < -0.3 is 9.40 Å². The summed E-state index contributed by atoms with van der Waals surface area (Å²) in [7, 11) is 0. The molecule has 2 heterocycles. The van der Waals surface area contributed by atoms with E-state index in [0.29, 0.717) is 12.3 Å². The van der Waals surface area contributed by atoms with Crippen molar-refractivity contribution >= 4 is 23.0 Å². The van der Waals surface area contributed by atoms with E-state index in [2.05, 4.69) is 20.5 Å². The molecule has 0 amide bonds. The van der Waals surface area contributed by atoms with Crippen molar-refractivity contribution in [3.63, 3.8) is 0 Å². The van der Waals surface area contributed by atoms with E-state index in [1.165, 1.54) is 0 Å². The van der Waals surface area contributed by atoms with Gasteiger partial charge in [-0.3, -0.25) is 0 Å². The maximum Gasteiger partial charge on any atom is 0.252 e. The number of nitrogens with one attached hydrogen (secondary N) is 2. The van der Waals surface area contributed by atoms with Crippen LogP contribution in [0.25, 0.3) is 10.9 Å². The zero-order valence-corrected chi connectivity index (χ0v) is 12.3. The second kappa shape index (κ2) is 5.74. The molecule has 0 atom stereocenters. The molecule has 0 saturated heterocycles. The van der Waals surface area contributed by atoms with Crippen LogP contribution in [0.3, 0.4) is 0 Å². The number of aromatic amines is 1. The van der Waals surface area contributed by atoms with Crippen molar-refractivity contribution in [1.29, 1.82) is 5.26 Å². The van der Waals surface area contributed by atoms with E-state index in [0.717, 1.165) is 22.2 Å². The Morgan fingerprint density at radius 3 is 3.05 bits per heavy atom. The molecule has 0 saturated carbocycles. The molecule has 2 N–H and O–H groups in total. The van der Waals surface area contributed by atoms with Gasteiger partial charge in [-0.25, -0.2) is 10.4 Å². The number of hydrogen-bond donors (Lipinski definition) is 2. The molecule has 0 fully saturated rings. The summed E-state index contributed by atoms with van der Waals surface area (Å²) in [6.45, 7) is 3.90. The van der Waals surface area contributed by atoms with Gasteiger partial charge in [0.05, 0.1) is 6.21 Å². The van der Waals surface area contributed by atoms with Crippen molar-refractivity contribution in [2.75, 3.05) is 5.43 Å². The number of aromatic nitrogens is 2. The normalized spacial score (nSPS) is 11.1. The zero-order valence-electron chi connectivity index (χ0n) is 12.3. The predicted octanol–water partition coefficient (Wildman–Crippen LogP) is 3.34.